The van der Waals surface area contributed by atoms with Crippen molar-refractivity contribution in [1.82, 2.24) is 9.80 Å². The van der Waals surface area contributed by atoms with E-state index in [0.29, 0.717) is 31.6 Å². The van der Waals surface area contributed by atoms with Crippen molar-refractivity contribution in [2.75, 3.05) is 26.2 Å². The van der Waals surface area contributed by atoms with Gasteiger partial charge in [0.05, 0.1) is 0 Å². The monoisotopic (exact) mass is 364 g/mol. The van der Waals surface area contributed by atoms with Crippen LogP contribution in [0.2, 0.25) is 0 Å². The SMILES string of the molecule is CCCCC(=O)N1CCCN(C(=O)c2ccc(-c3ccccc3)cc2)CC1. The van der Waals surface area contributed by atoms with Crippen LogP contribution in [0.4, 0.5) is 0 Å². The molecule has 27 heavy (non-hydrogen) atoms. The molecule has 0 N–H and O–H groups in total. The van der Waals surface area contributed by atoms with E-state index in [1.165, 1.54) is 0 Å². The molecule has 0 spiro atoms. The van der Waals surface area contributed by atoms with Crippen LogP contribution in [-0.2, 0) is 4.79 Å². The lowest BCUT2D eigenvalue weighted by Gasteiger charge is -2.22. The van der Waals surface area contributed by atoms with E-state index in [-0.39, 0.29) is 11.8 Å². The van der Waals surface area contributed by atoms with Gasteiger partial charge in [-0.25, -0.2) is 0 Å². The predicted molar refractivity (Wildman–Crippen MR) is 109 cm³/mol. The highest BCUT2D eigenvalue weighted by molar-refractivity contribution is 5.94. The molecule has 4 nitrogen and oxygen atoms in total. The number of hydrogen-bond donors (Lipinski definition) is 0. The average molecular weight is 364 g/mol. The van der Waals surface area contributed by atoms with Gasteiger partial charge < -0.3 is 9.80 Å². The fourth-order valence-electron chi connectivity index (χ4n) is 3.47. The Morgan fingerprint density at radius 1 is 0.815 bits per heavy atom. The Morgan fingerprint density at radius 3 is 2.15 bits per heavy atom. The lowest BCUT2D eigenvalue weighted by Crippen LogP contribution is -2.37. The molecule has 0 saturated carbocycles. The third-order valence-corrected chi connectivity index (χ3v) is 5.12. The number of nitrogens with zero attached hydrogens (tertiary/aromatic N) is 2. The van der Waals surface area contributed by atoms with Crippen molar-refractivity contribution >= 4 is 11.8 Å². The lowest BCUT2D eigenvalue weighted by molar-refractivity contribution is -0.131. The Balaban J connectivity index is 1.61. The van der Waals surface area contributed by atoms with Gasteiger partial charge >= 0.3 is 0 Å². The molecule has 1 fully saturated rings. The van der Waals surface area contributed by atoms with Crippen molar-refractivity contribution in [3.8, 4) is 11.1 Å². The Kier molecular flexibility index (Phi) is 6.64. The first-order valence-corrected chi connectivity index (χ1v) is 9.91. The van der Waals surface area contributed by atoms with Gasteiger partial charge in [-0.05, 0) is 36.1 Å². The zero-order valence-electron chi connectivity index (χ0n) is 16.1. The van der Waals surface area contributed by atoms with Crippen molar-refractivity contribution < 1.29 is 9.59 Å². The summed E-state index contributed by atoms with van der Waals surface area (Å²) in [6.45, 7) is 4.79. The van der Waals surface area contributed by atoms with Crippen LogP contribution in [0.25, 0.3) is 11.1 Å². The van der Waals surface area contributed by atoms with Crippen LogP contribution < -0.4 is 0 Å². The van der Waals surface area contributed by atoms with Gasteiger partial charge in [-0.2, -0.15) is 0 Å². The van der Waals surface area contributed by atoms with Crippen LogP contribution in [-0.4, -0.2) is 47.8 Å². The van der Waals surface area contributed by atoms with Gasteiger partial charge in [0.1, 0.15) is 0 Å². The fourth-order valence-corrected chi connectivity index (χ4v) is 3.47. The minimum atomic E-state index is 0.0532. The minimum Gasteiger partial charge on any atom is -0.341 e. The summed E-state index contributed by atoms with van der Waals surface area (Å²) >= 11 is 0. The lowest BCUT2D eigenvalue weighted by atomic mass is 10.0. The first-order valence-electron chi connectivity index (χ1n) is 9.91. The molecule has 2 aromatic rings. The van der Waals surface area contributed by atoms with Gasteiger partial charge in [0.15, 0.2) is 0 Å². The summed E-state index contributed by atoms with van der Waals surface area (Å²) in [5.41, 5.74) is 2.96. The highest BCUT2D eigenvalue weighted by Gasteiger charge is 2.22. The molecule has 3 rings (SSSR count). The van der Waals surface area contributed by atoms with Gasteiger partial charge in [-0.3, -0.25) is 9.59 Å². The van der Waals surface area contributed by atoms with Crippen LogP contribution in [0.5, 0.6) is 0 Å². The van der Waals surface area contributed by atoms with E-state index >= 15 is 0 Å². The quantitative estimate of drug-likeness (QED) is 0.797. The summed E-state index contributed by atoms with van der Waals surface area (Å²) in [7, 11) is 0. The summed E-state index contributed by atoms with van der Waals surface area (Å²) in [6, 6.07) is 18.0. The summed E-state index contributed by atoms with van der Waals surface area (Å²) in [5, 5.41) is 0. The number of amides is 2. The van der Waals surface area contributed by atoms with Crippen molar-refractivity contribution in [1.29, 1.82) is 0 Å². The molecule has 0 radical (unpaired) electrons. The second-order valence-electron chi connectivity index (χ2n) is 7.07. The molecule has 1 aliphatic rings. The number of benzene rings is 2. The molecule has 0 bridgehead atoms. The molecule has 0 aromatic heterocycles. The number of hydrogen-bond acceptors (Lipinski definition) is 2. The fraction of sp³-hybridized carbons (Fsp3) is 0.391. The number of rotatable bonds is 5. The largest absolute Gasteiger partial charge is 0.341 e. The Hall–Kier alpha value is -2.62. The van der Waals surface area contributed by atoms with Crippen molar-refractivity contribution in [3.05, 3.63) is 60.2 Å². The van der Waals surface area contributed by atoms with E-state index in [0.717, 1.165) is 36.9 Å². The Labute approximate surface area is 161 Å². The molecular formula is C23H28N2O2. The van der Waals surface area contributed by atoms with Crippen molar-refractivity contribution in [2.45, 2.75) is 32.6 Å². The minimum absolute atomic E-state index is 0.0532. The van der Waals surface area contributed by atoms with Gasteiger partial charge in [0, 0.05) is 38.2 Å². The van der Waals surface area contributed by atoms with Crippen LogP contribution in [0.1, 0.15) is 43.0 Å². The van der Waals surface area contributed by atoms with E-state index in [9.17, 15) is 9.59 Å². The Morgan fingerprint density at radius 2 is 1.44 bits per heavy atom. The summed E-state index contributed by atoms with van der Waals surface area (Å²) in [5.74, 6) is 0.274. The Bertz CT molecular complexity index is 756. The van der Waals surface area contributed by atoms with Crippen LogP contribution in [0.3, 0.4) is 0 Å². The maximum atomic E-state index is 12.9. The van der Waals surface area contributed by atoms with Crippen LogP contribution in [0, 0.1) is 0 Å². The first-order chi connectivity index (χ1) is 13.2. The number of carbonyl (C=O) groups excluding carboxylic acids is 2. The van der Waals surface area contributed by atoms with Crippen LogP contribution >= 0.6 is 0 Å². The average Bonchev–Trinajstić information content (AvgIpc) is 2.98. The maximum Gasteiger partial charge on any atom is 0.253 e. The molecule has 1 saturated heterocycles. The highest BCUT2D eigenvalue weighted by Crippen LogP contribution is 2.20. The van der Waals surface area contributed by atoms with E-state index < -0.39 is 0 Å². The second-order valence-corrected chi connectivity index (χ2v) is 7.07. The normalized spacial score (nSPS) is 14.7. The number of unbranched alkanes of at least 4 members (excludes halogenated alkanes) is 1. The summed E-state index contributed by atoms with van der Waals surface area (Å²) in [4.78, 5) is 28.9. The highest BCUT2D eigenvalue weighted by atomic mass is 16.2. The molecule has 0 aliphatic carbocycles. The molecule has 0 unspecified atom stereocenters. The standard InChI is InChI=1S/C23H28N2O2/c1-2-3-10-22(26)24-15-7-16-25(18-17-24)23(27)21-13-11-20(12-14-21)19-8-5-4-6-9-19/h4-6,8-9,11-14H,2-3,7,10,15-18H2,1H3. The smallest absolute Gasteiger partial charge is 0.253 e. The van der Waals surface area contributed by atoms with Crippen molar-refractivity contribution in [2.24, 2.45) is 0 Å². The van der Waals surface area contributed by atoms with Gasteiger partial charge in [0.25, 0.3) is 5.91 Å². The topological polar surface area (TPSA) is 40.6 Å². The third-order valence-electron chi connectivity index (χ3n) is 5.12. The molecule has 2 amide bonds. The van der Waals surface area contributed by atoms with Crippen LogP contribution in [0.15, 0.2) is 54.6 Å². The molecule has 4 heteroatoms. The van der Waals surface area contributed by atoms with E-state index in [2.05, 4.69) is 19.1 Å². The van der Waals surface area contributed by atoms with Gasteiger partial charge in [-0.15, -0.1) is 0 Å². The van der Waals surface area contributed by atoms with E-state index in [1.54, 1.807) is 0 Å². The van der Waals surface area contributed by atoms with Gasteiger partial charge in [-0.1, -0.05) is 55.8 Å². The maximum absolute atomic E-state index is 12.9. The molecule has 2 aromatic carbocycles. The molecule has 142 valence electrons. The van der Waals surface area contributed by atoms with E-state index in [1.807, 2.05) is 52.3 Å². The number of carbonyl (C=O) groups is 2. The summed E-state index contributed by atoms with van der Waals surface area (Å²) in [6.07, 6.45) is 3.42. The third kappa shape index (κ3) is 4.97. The molecule has 1 heterocycles. The first kappa shape index (κ1) is 19.2. The van der Waals surface area contributed by atoms with E-state index in [4.69, 9.17) is 0 Å². The molecule has 1 aliphatic heterocycles. The zero-order valence-corrected chi connectivity index (χ0v) is 16.1. The zero-order chi connectivity index (χ0) is 19.1. The van der Waals surface area contributed by atoms with Crippen molar-refractivity contribution in [3.63, 3.8) is 0 Å². The summed E-state index contributed by atoms with van der Waals surface area (Å²) < 4.78 is 0. The second kappa shape index (κ2) is 9.36. The predicted octanol–water partition coefficient (Wildman–Crippen LogP) is 4.22. The molecular weight excluding hydrogens is 336 g/mol. The van der Waals surface area contributed by atoms with Gasteiger partial charge in [0.2, 0.25) is 5.91 Å². The molecule has 0 atom stereocenters.